The molecule has 88 valence electrons. The topological polar surface area (TPSA) is 86.3 Å². The van der Waals surface area contributed by atoms with Crippen molar-refractivity contribution in [3.05, 3.63) is 43.1 Å². The van der Waals surface area contributed by atoms with E-state index in [0.29, 0.717) is 0 Å². The highest BCUT2D eigenvalue weighted by molar-refractivity contribution is 8.02. The molecule has 0 bridgehead atoms. The van der Waals surface area contributed by atoms with E-state index in [2.05, 4.69) is 0 Å². The van der Waals surface area contributed by atoms with Crippen LogP contribution in [0.15, 0.2) is 31.3 Å². The zero-order chi connectivity index (χ0) is 12.4. The maximum Gasteiger partial charge on any atom is 0.281 e. The minimum absolute atomic E-state index is 0.0450. The predicted molar refractivity (Wildman–Crippen MR) is 66.1 cm³/mol. The Balaban J connectivity index is 2.13. The lowest BCUT2D eigenvalue weighted by atomic mass is 10.6. The van der Waals surface area contributed by atoms with E-state index < -0.39 is 9.85 Å². The number of hydrogen-bond acceptors (Lipinski definition) is 7. The molecule has 6 nitrogen and oxygen atoms in total. The van der Waals surface area contributed by atoms with Crippen LogP contribution in [0.2, 0.25) is 0 Å². The van der Waals surface area contributed by atoms with Gasteiger partial charge in [0.1, 0.15) is 0 Å². The lowest BCUT2D eigenvalue weighted by Crippen LogP contribution is -1.82. The molecule has 17 heavy (non-hydrogen) atoms. The number of hydrogen-bond donors (Lipinski definition) is 0. The monoisotopic (exact) mass is 288 g/mol. The Kier molecular flexibility index (Phi) is 3.41. The molecule has 0 saturated heterocycles. The fraction of sp³-hybridized carbons (Fsp3) is 0. The highest BCUT2D eigenvalue weighted by Gasteiger charge is 2.13. The van der Waals surface area contributed by atoms with Gasteiger partial charge in [-0.2, -0.15) is 0 Å². The van der Waals surface area contributed by atoms with Gasteiger partial charge in [0.15, 0.2) is 0 Å². The van der Waals surface area contributed by atoms with E-state index >= 15 is 0 Å². The molecular weight excluding hydrogens is 284 g/mol. The molecule has 0 aromatic carbocycles. The van der Waals surface area contributed by atoms with Gasteiger partial charge in [-0.25, -0.2) is 0 Å². The third-order valence-electron chi connectivity index (χ3n) is 1.75. The molecule has 0 aliphatic heterocycles. The molecule has 0 atom stereocenters. The number of thiophene rings is 2. The van der Waals surface area contributed by atoms with Crippen molar-refractivity contribution in [3.8, 4) is 0 Å². The molecule has 2 heterocycles. The minimum Gasteiger partial charge on any atom is -0.258 e. The van der Waals surface area contributed by atoms with Gasteiger partial charge in [0, 0.05) is 12.1 Å². The van der Waals surface area contributed by atoms with Crippen LogP contribution in [0.1, 0.15) is 0 Å². The first-order chi connectivity index (χ1) is 8.06. The molecule has 0 spiro atoms. The standard InChI is InChI=1S/C8H4N2O4S3/c11-9(12)5-1-7(15-3-5)17-8-2-6(4-16-8)10(13)14/h1-4H. The zero-order valence-electron chi connectivity index (χ0n) is 8.06. The Bertz CT molecular complexity index is 527. The predicted octanol–water partition coefficient (Wildman–Crippen LogP) is 3.78. The van der Waals surface area contributed by atoms with Crippen molar-refractivity contribution in [1.82, 2.24) is 0 Å². The van der Waals surface area contributed by atoms with Crippen LogP contribution in [0.3, 0.4) is 0 Å². The fourth-order valence-corrected chi connectivity index (χ4v) is 4.10. The van der Waals surface area contributed by atoms with Crippen molar-refractivity contribution >= 4 is 45.8 Å². The van der Waals surface area contributed by atoms with E-state index in [1.165, 1.54) is 57.3 Å². The van der Waals surface area contributed by atoms with Crippen LogP contribution in [0.5, 0.6) is 0 Å². The molecule has 0 aliphatic carbocycles. The Hall–Kier alpha value is -1.45. The Morgan fingerprint density at radius 2 is 1.35 bits per heavy atom. The molecule has 0 N–H and O–H groups in total. The third-order valence-corrected chi connectivity index (χ3v) is 4.88. The second kappa shape index (κ2) is 4.82. The van der Waals surface area contributed by atoms with Gasteiger partial charge in [0.2, 0.25) is 0 Å². The van der Waals surface area contributed by atoms with Gasteiger partial charge in [0.25, 0.3) is 11.4 Å². The molecule has 2 aromatic rings. The van der Waals surface area contributed by atoms with Crippen molar-refractivity contribution in [3.63, 3.8) is 0 Å². The van der Waals surface area contributed by atoms with Crippen molar-refractivity contribution in [2.24, 2.45) is 0 Å². The maximum atomic E-state index is 10.5. The first kappa shape index (κ1) is 12.0. The molecule has 9 heteroatoms. The zero-order valence-corrected chi connectivity index (χ0v) is 10.5. The third kappa shape index (κ3) is 2.81. The van der Waals surface area contributed by atoms with Gasteiger partial charge in [-0.15, -0.1) is 22.7 Å². The smallest absolute Gasteiger partial charge is 0.258 e. The quantitative estimate of drug-likeness (QED) is 0.631. The average Bonchev–Trinajstić information content (AvgIpc) is 2.87. The summed E-state index contributed by atoms with van der Waals surface area (Å²) in [5.41, 5.74) is 0.0899. The first-order valence-electron chi connectivity index (χ1n) is 4.20. The molecule has 0 unspecified atom stereocenters. The van der Waals surface area contributed by atoms with Crippen LogP contribution in [-0.2, 0) is 0 Å². The number of nitro groups is 2. The SMILES string of the molecule is O=[N+]([O-])c1csc(Sc2cc([N+](=O)[O-])cs2)c1. The average molecular weight is 288 g/mol. The van der Waals surface area contributed by atoms with E-state index in [1.54, 1.807) is 0 Å². The van der Waals surface area contributed by atoms with Crippen LogP contribution in [0, 0.1) is 20.2 Å². The minimum atomic E-state index is -0.461. The van der Waals surface area contributed by atoms with Crippen molar-refractivity contribution in [2.45, 2.75) is 8.42 Å². The molecule has 2 rings (SSSR count). The molecular formula is C8H4N2O4S3. The van der Waals surface area contributed by atoms with Gasteiger partial charge in [-0.05, 0) is 0 Å². The van der Waals surface area contributed by atoms with Crippen LogP contribution >= 0.6 is 34.4 Å². The summed E-state index contributed by atoms with van der Waals surface area (Å²) in [5.74, 6) is 0. The van der Waals surface area contributed by atoms with E-state index in [1.807, 2.05) is 0 Å². The van der Waals surface area contributed by atoms with Gasteiger partial charge in [0.05, 0.1) is 29.0 Å². The molecule has 0 fully saturated rings. The molecule has 0 amide bonds. The van der Waals surface area contributed by atoms with Crippen LogP contribution in [-0.4, -0.2) is 9.85 Å². The lowest BCUT2D eigenvalue weighted by molar-refractivity contribution is -0.384. The van der Waals surface area contributed by atoms with Gasteiger partial charge >= 0.3 is 0 Å². The second-order valence-electron chi connectivity index (χ2n) is 2.86. The summed E-state index contributed by atoms with van der Waals surface area (Å²) in [7, 11) is 0. The maximum absolute atomic E-state index is 10.5. The van der Waals surface area contributed by atoms with Gasteiger partial charge in [-0.3, -0.25) is 20.2 Å². The summed E-state index contributed by atoms with van der Waals surface area (Å²) in [4.78, 5) is 20.0. The van der Waals surface area contributed by atoms with Gasteiger partial charge in [-0.1, -0.05) is 11.8 Å². The largest absolute Gasteiger partial charge is 0.281 e. The van der Waals surface area contributed by atoms with Crippen LogP contribution < -0.4 is 0 Å². The van der Waals surface area contributed by atoms with Gasteiger partial charge < -0.3 is 0 Å². The fourth-order valence-electron chi connectivity index (χ4n) is 1.01. The molecule has 0 saturated carbocycles. The summed E-state index contributed by atoms with van der Waals surface area (Å²) in [6, 6.07) is 2.92. The second-order valence-corrected chi connectivity index (χ2v) is 6.29. The summed E-state index contributed by atoms with van der Waals surface area (Å²) >= 11 is 3.79. The summed E-state index contributed by atoms with van der Waals surface area (Å²) in [6.45, 7) is 0. The van der Waals surface area contributed by atoms with Crippen LogP contribution in [0.25, 0.3) is 0 Å². The summed E-state index contributed by atoms with van der Waals surface area (Å²) in [5, 5.41) is 23.9. The summed E-state index contributed by atoms with van der Waals surface area (Å²) < 4.78 is 1.49. The van der Waals surface area contributed by atoms with Crippen molar-refractivity contribution < 1.29 is 9.85 Å². The number of rotatable bonds is 4. The highest BCUT2D eigenvalue weighted by atomic mass is 32.2. The molecule has 2 aromatic heterocycles. The van der Waals surface area contributed by atoms with Crippen LogP contribution in [0.4, 0.5) is 11.4 Å². The molecule has 0 radical (unpaired) electrons. The van der Waals surface area contributed by atoms with E-state index in [0.717, 1.165) is 8.42 Å². The lowest BCUT2D eigenvalue weighted by Gasteiger charge is -1.89. The molecule has 0 aliphatic rings. The number of nitrogens with zero attached hydrogens (tertiary/aromatic N) is 2. The Morgan fingerprint density at radius 3 is 1.65 bits per heavy atom. The Labute approximate surface area is 107 Å². The van der Waals surface area contributed by atoms with E-state index in [4.69, 9.17) is 0 Å². The summed E-state index contributed by atoms with van der Waals surface area (Å²) in [6.07, 6.45) is 0. The normalized spacial score (nSPS) is 10.4. The highest BCUT2D eigenvalue weighted by Crippen LogP contribution is 2.39. The van der Waals surface area contributed by atoms with E-state index in [9.17, 15) is 20.2 Å². The van der Waals surface area contributed by atoms with E-state index in [-0.39, 0.29) is 11.4 Å². The van der Waals surface area contributed by atoms with Crippen molar-refractivity contribution in [1.29, 1.82) is 0 Å². The van der Waals surface area contributed by atoms with Crippen molar-refractivity contribution in [2.75, 3.05) is 0 Å². The first-order valence-corrected chi connectivity index (χ1v) is 6.77. The Morgan fingerprint density at radius 1 is 0.941 bits per heavy atom.